The summed E-state index contributed by atoms with van der Waals surface area (Å²) in [6, 6.07) is 14.3. The molecule has 3 rings (SSSR count). The van der Waals surface area contributed by atoms with Gasteiger partial charge in [0, 0.05) is 44.5 Å². The molecule has 1 aliphatic rings. The van der Waals surface area contributed by atoms with Crippen LogP contribution in [-0.4, -0.2) is 46.1 Å². The minimum atomic E-state index is -0.319. The van der Waals surface area contributed by atoms with Crippen LogP contribution >= 0.6 is 0 Å². The van der Waals surface area contributed by atoms with Gasteiger partial charge in [0.15, 0.2) is 0 Å². The van der Waals surface area contributed by atoms with Crippen molar-refractivity contribution in [1.29, 1.82) is 0 Å². The molecule has 2 atom stereocenters. The lowest BCUT2D eigenvalue weighted by molar-refractivity contribution is -0.121. The van der Waals surface area contributed by atoms with Crippen LogP contribution in [0.25, 0.3) is 0 Å². The van der Waals surface area contributed by atoms with Crippen molar-refractivity contribution in [2.45, 2.75) is 38.0 Å². The number of β-amino-alcohol motifs (C(OH)–C–C–N with tert-alkyl or cyclic N) is 1. The van der Waals surface area contributed by atoms with Gasteiger partial charge in [0.05, 0.1) is 6.10 Å². The van der Waals surface area contributed by atoms with E-state index in [1.807, 2.05) is 30.3 Å². The highest BCUT2D eigenvalue weighted by Gasteiger charge is 2.30. The maximum absolute atomic E-state index is 12.1. The molecule has 0 spiro atoms. The smallest absolute Gasteiger partial charge is 0.220 e. The highest BCUT2D eigenvalue weighted by molar-refractivity contribution is 5.76. The first-order chi connectivity index (χ1) is 12.2. The first-order valence-electron chi connectivity index (χ1n) is 8.82. The molecule has 1 aromatic heterocycles. The molecule has 5 heteroatoms. The highest BCUT2D eigenvalue weighted by atomic mass is 16.3. The summed E-state index contributed by atoms with van der Waals surface area (Å²) in [6.45, 7) is 2.04. The van der Waals surface area contributed by atoms with Crippen LogP contribution in [0, 0.1) is 0 Å². The normalized spacial score (nSPS) is 20.5. The van der Waals surface area contributed by atoms with Crippen molar-refractivity contribution in [3.8, 4) is 0 Å². The Morgan fingerprint density at radius 2 is 2.00 bits per heavy atom. The Bertz CT molecular complexity index is 663. The van der Waals surface area contributed by atoms with E-state index in [4.69, 9.17) is 0 Å². The molecule has 132 valence electrons. The number of aryl methyl sites for hydroxylation is 1. The molecule has 1 fully saturated rings. The molecule has 2 heterocycles. The molecule has 0 aliphatic carbocycles. The fraction of sp³-hybridized carbons (Fsp3) is 0.400. The maximum atomic E-state index is 12.1. The molecule has 1 aliphatic heterocycles. The number of pyridine rings is 1. The second kappa shape index (κ2) is 8.74. The summed E-state index contributed by atoms with van der Waals surface area (Å²) in [5.41, 5.74) is 2.30. The van der Waals surface area contributed by atoms with Gasteiger partial charge in [0.2, 0.25) is 5.91 Å². The van der Waals surface area contributed by atoms with Gasteiger partial charge in [0.1, 0.15) is 0 Å². The van der Waals surface area contributed by atoms with Gasteiger partial charge in [-0.3, -0.25) is 14.7 Å². The SMILES string of the molecule is O=C(CCc1cccnc1)NCC1CC(O)CN1Cc1ccccc1. The van der Waals surface area contributed by atoms with Crippen LogP contribution in [0.1, 0.15) is 24.0 Å². The number of hydrogen-bond donors (Lipinski definition) is 2. The molecular weight excluding hydrogens is 314 g/mol. The molecule has 2 aromatic rings. The third-order valence-electron chi connectivity index (χ3n) is 4.63. The zero-order chi connectivity index (χ0) is 17.5. The van der Waals surface area contributed by atoms with Gasteiger partial charge in [-0.25, -0.2) is 0 Å². The van der Waals surface area contributed by atoms with E-state index in [-0.39, 0.29) is 18.1 Å². The van der Waals surface area contributed by atoms with E-state index in [9.17, 15) is 9.90 Å². The van der Waals surface area contributed by atoms with Crippen LogP contribution in [0.4, 0.5) is 0 Å². The lowest BCUT2D eigenvalue weighted by Crippen LogP contribution is -2.39. The van der Waals surface area contributed by atoms with Crippen LogP contribution in [0.15, 0.2) is 54.9 Å². The lowest BCUT2D eigenvalue weighted by Gasteiger charge is -2.24. The van der Waals surface area contributed by atoms with Crippen LogP contribution in [0.5, 0.6) is 0 Å². The van der Waals surface area contributed by atoms with Gasteiger partial charge in [0.25, 0.3) is 0 Å². The van der Waals surface area contributed by atoms with Crippen molar-refractivity contribution in [3.05, 3.63) is 66.0 Å². The van der Waals surface area contributed by atoms with Crippen LogP contribution < -0.4 is 5.32 Å². The van der Waals surface area contributed by atoms with Crippen molar-refractivity contribution >= 4 is 5.91 Å². The summed E-state index contributed by atoms with van der Waals surface area (Å²) < 4.78 is 0. The Balaban J connectivity index is 1.46. The van der Waals surface area contributed by atoms with Crippen LogP contribution in [0.2, 0.25) is 0 Å². The van der Waals surface area contributed by atoms with Gasteiger partial charge < -0.3 is 10.4 Å². The molecule has 2 N–H and O–H groups in total. The second-order valence-corrected chi connectivity index (χ2v) is 6.62. The molecule has 1 saturated heterocycles. The zero-order valence-electron chi connectivity index (χ0n) is 14.3. The van der Waals surface area contributed by atoms with E-state index >= 15 is 0 Å². The van der Waals surface area contributed by atoms with Crippen molar-refractivity contribution in [1.82, 2.24) is 15.2 Å². The number of aromatic nitrogens is 1. The number of aliphatic hydroxyl groups excluding tert-OH is 1. The number of rotatable bonds is 7. The Labute approximate surface area is 148 Å². The second-order valence-electron chi connectivity index (χ2n) is 6.62. The number of hydrogen-bond acceptors (Lipinski definition) is 4. The van der Waals surface area contributed by atoms with Gasteiger partial charge in [-0.15, -0.1) is 0 Å². The van der Waals surface area contributed by atoms with E-state index in [1.165, 1.54) is 5.56 Å². The highest BCUT2D eigenvalue weighted by Crippen LogP contribution is 2.20. The summed E-state index contributed by atoms with van der Waals surface area (Å²) in [7, 11) is 0. The Kier molecular flexibility index (Phi) is 6.14. The van der Waals surface area contributed by atoms with E-state index in [0.717, 1.165) is 12.1 Å². The number of aliphatic hydroxyl groups is 1. The molecule has 1 amide bonds. The van der Waals surface area contributed by atoms with Crippen molar-refractivity contribution in [2.24, 2.45) is 0 Å². The van der Waals surface area contributed by atoms with Crippen molar-refractivity contribution in [3.63, 3.8) is 0 Å². The third kappa shape index (κ3) is 5.37. The average molecular weight is 339 g/mol. The molecule has 25 heavy (non-hydrogen) atoms. The van der Waals surface area contributed by atoms with Gasteiger partial charge >= 0.3 is 0 Å². The van der Waals surface area contributed by atoms with Crippen molar-refractivity contribution < 1.29 is 9.90 Å². The summed E-state index contributed by atoms with van der Waals surface area (Å²) in [5, 5.41) is 13.0. The van der Waals surface area contributed by atoms with E-state index in [2.05, 4.69) is 27.3 Å². The fourth-order valence-electron chi connectivity index (χ4n) is 3.31. The molecular formula is C20H25N3O2. The van der Waals surface area contributed by atoms with E-state index in [0.29, 0.717) is 32.4 Å². The summed E-state index contributed by atoms with van der Waals surface area (Å²) in [4.78, 5) is 18.4. The molecule has 0 radical (unpaired) electrons. The lowest BCUT2D eigenvalue weighted by atomic mass is 10.1. The Morgan fingerprint density at radius 3 is 2.76 bits per heavy atom. The first kappa shape index (κ1) is 17.6. The largest absolute Gasteiger partial charge is 0.392 e. The predicted octanol–water partition coefficient (Wildman–Crippen LogP) is 1.77. The van der Waals surface area contributed by atoms with Gasteiger partial charge in [-0.2, -0.15) is 0 Å². The van der Waals surface area contributed by atoms with Crippen molar-refractivity contribution in [2.75, 3.05) is 13.1 Å². The maximum Gasteiger partial charge on any atom is 0.220 e. The number of carbonyl (C=O) groups excluding carboxylic acids is 1. The van der Waals surface area contributed by atoms with E-state index in [1.54, 1.807) is 12.4 Å². The standard InChI is InChI=1S/C20H25N3O2/c24-19-11-18(23(15-19)14-17-5-2-1-3-6-17)13-22-20(25)9-8-16-7-4-10-21-12-16/h1-7,10,12,18-19,24H,8-9,11,13-15H2,(H,22,25). The number of likely N-dealkylation sites (tertiary alicyclic amines) is 1. The fourth-order valence-corrected chi connectivity index (χ4v) is 3.31. The Morgan fingerprint density at radius 1 is 1.20 bits per heavy atom. The molecule has 0 bridgehead atoms. The number of amides is 1. The number of carbonyl (C=O) groups is 1. The van der Waals surface area contributed by atoms with Crippen LogP contribution in [0.3, 0.4) is 0 Å². The quantitative estimate of drug-likeness (QED) is 0.807. The topological polar surface area (TPSA) is 65.5 Å². The predicted molar refractivity (Wildman–Crippen MR) is 96.8 cm³/mol. The first-order valence-corrected chi connectivity index (χ1v) is 8.82. The van der Waals surface area contributed by atoms with Gasteiger partial charge in [-0.05, 0) is 30.0 Å². The summed E-state index contributed by atoms with van der Waals surface area (Å²) >= 11 is 0. The average Bonchev–Trinajstić information content (AvgIpc) is 2.99. The summed E-state index contributed by atoms with van der Waals surface area (Å²) in [5.74, 6) is 0.0462. The number of nitrogens with zero attached hydrogens (tertiary/aromatic N) is 2. The summed E-state index contributed by atoms with van der Waals surface area (Å²) in [6.07, 6.45) is 5.06. The van der Waals surface area contributed by atoms with E-state index < -0.39 is 0 Å². The van der Waals surface area contributed by atoms with Crippen LogP contribution in [-0.2, 0) is 17.8 Å². The Hall–Kier alpha value is -2.24. The molecule has 2 unspecified atom stereocenters. The molecule has 0 saturated carbocycles. The zero-order valence-corrected chi connectivity index (χ0v) is 14.3. The monoisotopic (exact) mass is 339 g/mol. The molecule has 1 aromatic carbocycles. The molecule has 5 nitrogen and oxygen atoms in total. The number of nitrogens with one attached hydrogen (secondary N) is 1. The minimum Gasteiger partial charge on any atom is -0.392 e. The minimum absolute atomic E-state index is 0.0462. The third-order valence-corrected chi connectivity index (χ3v) is 4.63. The van der Waals surface area contributed by atoms with Gasteiger partial charge in [-0.1, -0.05) is 36.4 Å². The number of benzene rings is 1.